The Kier molecular flexibility index (Phi) is 4.99. The number of aryl methyl sites for hydroxylation is 2. The van der Waals surface area contributed by atoms with Crippen molar-refractivity contribution in [1.29, 1.82) is 0 Å². The number of fused-ring (bicyclic) bond motifs is 1. The van der Waals surface area contributed by atoms with E-state index in [1.807, 2.05) is 25.1 Å². The number of para-hydroxylation sites is 1. The molecule has 0 saturated heterocycles. The third-order valence-electron chi connectivity index (χ3n) is 3.41. The van der Waals surface area contributed by atoms with Crippen LogP contribution in [-0.4, -0.2) is 33.7 Å². The fraction of sp³-hybridized carbons (Fsp3) is 0.235. The van der Waals surface area contributed by atoms with Gasteiger partial charge >= 0.3 is 5.97 Å². The summed E-state index contributed by atoms with van der Waals surface area (Å²) in [5.41, 5.74) is 1.80. The first kappa shape index (κ1) is 17.0. The van der Waals surface area contributed by atoms with E-state index in [-0.39, 0.29) is 0 Å². The van der Waals surface area contributed by atoms with Crippen LogP contribution in [0.15, 0.2) is 30.3 Å². The van der Waals surface area contributed by atoms with Crippen molar-refractivity contribution in [2.75, 3.05) is 11.9 Å². The minimum atomic E-state index is -0.566. The van der Waals surface area contributed by atoms with Crippen LogP contribution >= 0.6 is 11.3 Å². The topological polar surface area (TPSA) is 94.1 Å². The number of carbonyl (C=O) groups excluding carboxylic acids is 2. The Labute approximate surface area is 148 Å². The Morgan fingerprint density at radius 3 is 2.80 bits per heavy atom. The molecule has 0 saturated carbocycles. The van der Waals surface area contributed by atoms with E-state index in [1.54, 1.807) is 19.1 Å². The summed E-state index contributed by atoms with van der Waals surface area (Å²) in [6, 6.07) is 8.95. The Balaban J connectivity index is 1.67. The molecule has 1 amide bonds. The highest BCUT2D eigenvalue weighted by atomic mass is 32.1. The minimum absolute atomic E-state index is 0.389. The highest BCUT2D eigenvalue weighted by Crippen LogP contribution is 2.19. The number of esters is 1. The highest BCUT2D eigenvalue weighted by Gasteiger charge is 2.15. The largest absolute Gasteiger partial charge is 0.452 e. The fourth-order valence-corrected chi connectivity index (χ4v) is 2.98. The van der Waals surface area contributed by atoms with Crippen molar-refractivity contribution < 1.29 is 14.3 Å². The molecule has 0 fully saturated rings. The molecule has 0 aliphatic heterocycles. The van der Waals surface area contributed by atoms with Crippen LogP contribution in [0.2, 0.25) is 0 Å². The Bertz CT molecular complexity index is 939. The molecule has 1 aromatic carbocycles. The van der Waals surface area contributed by atoms with Crippen molar-refractivity contribution in [3.05, 3.63) is 46.6 Å². The molecule has 3 aromatic rings. The van der Waals surface area contributed by atoms with E-state index in [9.17, 15) is 9.59 Å². The number of amides is 1. The number of hydrogen-bond acceptors (Lipinski definition) is 7. The molecule has 2 heterocycles. The van der Waals surface area contributed by atoms with Crippen molar-refractivity contribution in [2.45, 2.75) is 20.3 Å². The molecule has 8 heteroatoms. The molecule has 3 rings (SSSR count). The molecule has 25 heavy (non-hydrogen) atoms. The van der Waals surface area contributed by atoms with Crippen LogP contribution in [0.5, 0.6) is 0 Å². The van der Waals surface area contributed by atoms with E-state index in [0.29, 0.717) is 27.3 Å². The number of benzene rings is 1. The standard InChI is InChI=1S/C17H16N4O3S/c1-3-15-20-21-17(25-15)19-14(22)9-24-16(23)12-8-10(2)18-13-7-5-4-6-11(12)13/h4-8H,3,9H2,1-2H3,(H,19,21,22). The van der Waals surface area contributed by atoms with Crippen molar-refractivity contribution in [3.63, 3.8) is 0 Å². The van der Waals surface area contributed by atoms with Crippen molar-refractivity contribution in [2.24, 2.45) is 0 Å². The Morgan fingerprint density at radius 2 is 2.04 bits per heavy atom. The monoisotopic (exact) mass is 356 g/mol. The molecule has 0 aliphatic carbocycles. The van der Waals surface area contributed by atoms with Crippen molar-refractivity contribution in [1.82, 2.24) is 15.2 Å². The first-order chi connectivity index (χ1) is 12.1. The summed E-state index contributed by atoms with van der Waals surface area (Å²) in [6.45, 7) is 3.36. The second-order valence-electron chi connectivity index (χ2n) is 5.31. The number of nitrogens with one attached hydrogen (secondary N) is 1. The maximum Gasteiger partial charge on any atom is 0.339 e. The van der Waals surface area contributed by atoms with Gasteiger partial charge in [0.1, 0.15) is 5.01 Å². The summed E-state index contributed by atoms with van der Waals surface area (Å²) in [5, 5.41) is 12.2. The molecule has 128 valence electrons. The fourth-order valence-electron chi connectivity index (χ4n) is 2.29. The molecule has 0 unspecified atom stereocenters. The van der Waals surface area contributed by atoms with E-state index in [1.165, 1.54) is 11.3 Å². The molecule has 0 aliphatic rings. The number of aromatic nitrogens is 3. The van der Waals surface area contributed by atoms with Gasteiger partial charge in [-0.25, -0.2) is 4.79 Å². The van der Waals surface area contributed by atoms with E-state index < -0.39 is 18.5 Å². The molecule has 0 atom stereocenters. The highest BCUT2D eigenvalue weighted by molar-refractivity contribution is 7.15. The van der Waals surface area contributed by atoms with Crippen LogP contribution in [0.25, 0.3) is 10.9 Å². The number of rotatable bonds is 5. The zero-order valence-electron chi connectivity index (χ0n) is 13.8. The number of anilines is 1. The zero-order chi connectivity index (χ0) is 17.8. The van der Waals surface area contributed by atoms with Gasteiger partial charge in [-0.15, -0.1) is 10.2 Å². The second kappa shape index (κ2) is 7.35. The first-order valence-corrected chi connectivity index (χ1v) is 8.54. The number of nitrogens with zero attached hydrogens (tertiary/aromatic N) is 3. The average Bonchev–Trinajstić information content (AvgIpc) is 3.06. The molecule has 1 N–H and O–H groups in total. The first-order valence-electron chi connectivity index (χ1n) is 7.72. The number of hydrogen-bond donors (Lipinski definition) is 1. The van der Waals surface area contributed by atoms with Crippen LogP contribution in [-0.2, 0) is 16.0 Å². The Hall–Kier alpha value is -2.87. The molecule has 0 spiro atoms. The summed E-state index contributed by atoms with van der Waals surface area (Å²) in [6.07, 6.45) is 0.747. The van der Waals surface area contributed by atoms with Crippen LogP contribution < -0.4 is 5.32 Å². The van der Waals surface area contributed by atoms with Gasteiger partial charge in [0.05, 0.1) is 11.1 Å². The molecular weight excluding hydrogens is 340 g/mol. The van der Waals surface area contributed by atoms with E-state index in [0.717, 1.165) is 11.4 Å². The normalized spacial score (nSPS) is 10.6. The zero-order valence-corrected chi connectivity index (χ0v) is 14.6. The predicted octanol–water partition coefficient (Wildman–Crippen LogP) is 2.75. The summed E-state index contributed by atoms with van der Waals surface area (Å²) in [4.78, 5) is 28.7. The summed E-state index contributed by atoms with van der Waals surface area (Å²) in [5.74, 6) is -1.02. The van der Waals surface area contributed by atoms with Crippen LogP contribution in [0.4, 0.5) is 5.13 Å². The average molecular weight is 356 g/mol. The van der Waals surface area contributed by atoms with Gasteiger partial charge in [0, 0.05) is 11.1 Å². The van der Waals surface area contributed by atoms with Gasteiger partial charge in [-0.1, -0.05) is 36.5 Å². The van der Waals surface area contributed by atoms with Gasteiger partial charge in [0.25, 0.3) is 5.91 Å². The second-order valence-corrected chi connectivity index (χ2v) is 6.37. The third kappa shape index (κ3) is 3.97. The molecule has 2 aromatic heterocycles. The lowest BCUT2D eigenvalue weighted by molar-refractivity contribution is -0.119. The molecule has 0 bridgehead atoms. The summed E-state index contributed by atoms with van der Waals surface area (Å²) >= 11 is 1.29. The maximum atomic E-state index is 12.4. The Morgan fingerprint density at radius 1 is 1.24 bits per heavy atom. The van der Waals surface area contributed by atoms with E-state index in [4.69, 9.17) is 4.74 Å². The maximum absolute atomic E-state index is 12.4. The van der Waals surface area contributed by atoms with E-state index in [2.05, 4.69) is 20.5 Å². The number of ether oxygens (including phenoxy) is 1. The van der Waals surface area contributed by atoms with Crippen LogP contribution in [0.3, 0.4) is 0 Å². The number of pyridine rings is 1. The quantitative estimate of drug-likeness (QED) is 0.707. The smallest absolute Gasteiger partial charge is 0.339 e. The number of carbonyl (C=O) groups is 2. The van der Waals surface area contributed by atoms with Crippen LogP contribution in [0, 0.1) is 6.92 Å². The van der Waals surface area contributed by atoms with Gasteiger partial charge in [0.2, 0.25) is 5.13 Å². The van der Waals surface area contributed by atoms with Gasteiger partial charge < -0.3 is 4.74 Å². The van der Waals surface area contributed by atoms with E-state index >= 15 is 0 Å². The van der Waals surface area contributed by atoms with Gasteiger partial charge in [0.15, 0.2) is 6.61 Å². The molecule has 0 radical (unpaired) electrons. The van der Waals surface area contributed by atoms with Gasteiger partial charge in [-0.05, 0) is 25.5 Å². The SMILES string of the molecule is CCc1nnc(NC(=O)COC(=O)c2cc(C)nc3ccccc23)s1. The predicted molar refractivity (Wildman–Crippen MR) is 94.7 cm³/mol. The van der Waals surface area contributed by atoms with Gasteiger partial charge in [-0.3, -0.25) is 15.1 Å². The summed E-state index contributed by atoms with van der Waals surface area (Å²) in [7, 11) is 0. The molecule has 7 nitrogen and oxygen atoms in total. The lowest BCUT2D eigenvalue weighted by Gasteiger charge is -2.08. The van der Waals surface area contributed by atoms with Crippen molar-refractivity contribution >= 4 is 39.2 Å². The lowest BCUT2D eigenvalue weighted by Crippen LogP contribution is -2.21. The van der Waals surface area contributed by atoms with Crippen LogP contribution in [0.1, 0.15) is 28.0 Å². The van der Waals surface area contributed by atoms with Crippen molar-refractivity contribution in [3.8, 4) is 0 Å². The third-order valence-corrected chi connectivity index (χ3v) is 4.40. The lowest BCUT2D eigenvalue weighted by atomic mass is 10.1. The van der Waals surface area contributed by atoms with Gasteiger partial charge in [-0.2, -0.15) is 0 Å². The minimum Gasteiger partial charge on any atom is -0.452 e. The molecular formula is C17H16N4O3S. The summed E-state index contributed by atoms with van der Waals surface area (Å²) < 4.78 is 5.14.